The molecule has 0 aromatic heterocycles. The van der Waals surface area contributed by atoms with Crippen molar-refractivity contribution < 1.29 is 49.0 Å². The molecule has 0 heterocycles. The predicted octanol–water partition coefficient (Wildman–Crippen LogP) is 4.56. The van der Waals surface area contributed by atoms with Gasteiger partial charge in [0, 0.05) is 0 Å². The molecule has 2 unspecified atom stereocenters. The molecule has 3 aromatic carbocycles. The molecular formula is C43H44Cl2Zr-2. The van der Waals surface area contributed by atoms with E-state index in [1.54, 1.807) is 55.3 Å². The summed E-state index contributed by atoms with van der Waals surface area (Å²) in [5, 5.41) is 0. The number of halogens is 2. The molecule has 0 saturated heterocycles. The second kappa shape index (κ2) is 18.8. The maximum absolute atomic E-state index is 2.99. The summed E-state index contributed by atoms with van der Waals surface area (Å²) in [7, 11) is 0. The van der Waals surface area contributed by atoms with Crippen LogP contribution in [0.5, 0.6) is 0 Å². The fourth-order valence-corrected chi connectivity index (χ4v) is 8.01. The third-order valence-electron chi connectivity index (χ3n) is 9.61. The van der Waals surface area contributed by atoms with E-state index in [9.17, 15) is 0 Å². The van der Waals surface area contributed by atoms with Crippen molar-refractivity contribution in [2.24, 2.45) is 11.8 Å². The molecule has 2 atom stereocenters. The molecule has 0 amide bonds. The first-order valence-corrected chi connectivity index (χ1v) is 17.9. The van der Waals surface area contributed by atoms with Crippen LogP contribution in [0.3, 0.4) is 0 Å². The van der Waals surface area contributed by atoms with Crippen molar-refractivity contribution in [2.75, 3.05) is 0 Å². The molecule has 0 bridgehead atoms. The SMILES string of the molecule is C1=CC2=C3C(=C4[CH-]CCCC4C2CC1)Cc1ccccc13.[C-]1=CC=CC1.[Cl-].[Cl-].[Zr+2]=[C](CCc1ccccc1)CCc1ccccc1. The molecule has 0 nitrogen and oxygen atoms in total. The second-order valence-corrected chi connectivity index (χ2v) is 14.2. The van der Waals surface area contributed by atoms with Gasteiger partial charge in [0.05, 0.1) is 0 Å². The fraction of sp³-hybridized carbons (Fsp3) is 0.302. The van der Waals surface area contributed by atoms with E-state index in [1.807, 2.05) is 12.2 Å². The van der Waals surface area contributed by atoms with Gasteiger partial charge in [0.25, 0.3) is 0 Å². The topological polar surface area (TPSA) is 0 Å². The molecule has 46 heavy (non-hydrogen) atoms. The Labute approximate surface area is 305 Å². The molecule has 0 aliphatic heterocycles. The van der Waals surface area contributed by atoms with Crippen LogP contribution in [0.15, 0.2) is 132 Å². The van der Waals surface area contributed by atoms with Gasteiger partial charge in [0.15, 0.2) is 0 Å². The van der Waals surface area contributed by atoms with E-state index in [0.717, 1.165) is 24.7 Å². The van der Waals surface area contributed by atoms with Gasteiger partial charge in [0.1, 0.15) is 0 Å². The Morgan fingerprint density at radius 2 is 1.46 bits per heavy atom. The van der Waals surface area contributed by atoms with Gasteiger partial charge >= 0.3 is 125 Å². The van der Waals surface area contributed by atoms with Crippen molar-refractivity contribution in [3.8, 4) is 0 Å². The Bertz CT molecular complexity index is 1520. The van der Waals surface area contributed by atoms with Gasteiger partial charge < -0.3 is 24.8 Å². The second-order valence-electron chi connectivity index (χ2n) is 12.5. The summed E-state index contributed by atoms with van der Waals surface area (Å²) in [6, 6.07) is 30.6. The standard InChI is InChI=1S/C21H21.C17H18.C5H5.2ClH.Zr/c1-2-8-15-14(7-1)13-20-18-11-4-3-9-16(18)17-10-5-6-12-19(17)21(15)20;1-4-10-16(11-5-1)14-8-3-9-15-17-12-6-2-7-13-17;1-2-4-5-3-1;;;/h1-2,6-8,11-12,16-17H,3-5,9-10,13H2;1-2,4-7,10-13H,8-9,14-15H2;1-3H,4H2;2*1H;/q-1;;-1;;;+2/p-2. The van der Waals surface area contributed by atoms with Gasteiger partial charge in [-0.15, -0.1) is 12.8 Å². The minimum atomic E-state index is 0. The van der Waals surface area contributed by atoms with Crippen LogP contribution < -0.4 is 24.8 Å². The van der Waals surface area contributed by atoms with E-state index in [0.29, 0.717) is 0 Å². The molecule has 3 heteroatoms. The van der Waals surface area contributed by atoms with E-state index in [2.05, 4.69) is 116 Å². The summed E-state index contributed by atoms with van der Waals surface area (Å²) < 4.78 is 1.69. The van der Waals surface area contributed by atoms with Crippen LogP contribution >= 0.6 is 0 Å². The van der Waals surface area contributed by atoms with Gasteiger partial charge in [-0.1, -0.05) is 66.0 Å². The number of hydrogen-bond donors (Lipinski definition) is 0. The molecule has 1 saturated carbocycles. The van der Waals surface area contributed by atoms with Crippen LogP contribution in [-0.4, -0.2) is 3.21 Å². The first-order chi connectivity index (χ1) is 21.8. The Hall–Kier alpha value is -2.44. The van der Waals surface area contributed by atoms with Gasteiger partial charge in [-0.2, -0.15) is 11.6 Å². The summed E-state index contributed by atoms with van der Waals surface area (Å²) in [6.45, 7) is 0. The third kappa shape index (κ3) is 9.34. The molecule has 5 aliphatic carbocycles. The number of rotatable bonds is 6. The average molecular weight is 723 g/mol. The molecule has 1 fully saturated rings. The maximum atomic E-state index is 2.99. The van der Waals surface area contributed by atoms with Crippen LogP contribution in [-0.2, 0) is 43.5 Å². The average Bonchev–Trinajstić information content (AvgIpc) is 3.81. The van der Waals surface area contributed by atoms with Gasteiger partial charge in [-0.3, -0.25) is 6.08 Å². The number of benzene rings is 3. The molecule has 0 spiro atoms. The fourth-order valence-electron chi connectivity index (χ4n) is 7.40. The summed E-state index contributed by atoms with van der Waals surface area (Å²) in [4.78, 5) is 0. The van der Waals surface area contributed by atoms with Crippen molar-refractivity contribution in [1.82, 2.24) is 0 Å². The van der Waals surface area contributed by atoms with Crippen LogP contribution in [0.1, 0.15) is 73.6 Å². The zero-order valence-electron chi connectivity index (χ0n) is 26.7. The summed E-state index contributed by atoms with van der Waals surface area (Å²) >= 11 is 1.60. The van der Waals surface area contributed by atoms with E-state index < -0.39 is 0 Å². The summed E-state index contributed by atoms with van der Waals surface area (Å²) in [5.74, 6) is 1.60. The molecule has 8 rings (SSSR count). The van der Waals surface area contributed by atoms with E-state index in [1.165, 1.54) is 74.5 Å². The van der Waals surface area contributed by atoms with E-state index in [4.69, 9.17) is 0 Å². The van der Waals surface area contributed by atoms with E-state index in [-0.39, 0.29) is 24.8 Å². The molecular weight excluding hydrogens is 679 g/mol. The number of aryl methyl sites for hydroxylation is 2. The molecule has 0 radical (unpaired) electrons. The number of hydrogen-bond acceptors (Lipinski definition) is 0. The Kier molecular flexibility index (Phi) is 14.9. The van der Waals surface area contributed by atoms with Crippen molar-refractivity contribution in [2.45, 2.75) is 70.6 Å². The quantitative estimate of drug-likeness (QED) is 0.328. The zero-order chi connectivity index (χ0) is 30.0. The minimum absolute atomic E-state index is 0. The Balaban J connectivity index is 0.000000176. The monoisotopic (exact) mass is 720 g/mol. The zero-order valence-corrected chi connectivity index (χ0v) is 30.7. The van der Waals surface area contributed by atoms with Gasteiger partial charge in [-0.05, 0) is 36.7 Å². The van der Waals surface area contributed by atoms with Crippen LogP contribution in [0.4, 0.5) is 0 Å². The summed E-state index contributed by atoms with van der Waals surface area (Å²) in [6.07, 6.45) is 30.2. The number of fused-ring (bicyclic) bond motifs is 6. The first kappa shape index (κ1) is 36.4. The van der Waals surface area contributed by atoms with Crippen molar-refractivity contribution in [3.63, 3.8) is 0 Å². The van der Waals surface area contributed by atoms with Crippen molar-refractivity contribution >= 4 is 8.78 Å². The van der Waals surface area contributed by atoms with Gasteiger partial charge in [0.2, 0.25) is 0 Å². The first-order valence-electron chi connectivity index (χ1n) is 16.7. The molecule has 0 N–H and O–H groups in total. The molecule has 236 valence electrons. The van der Waals surface area contributed by atoms with Crippen LogP contribution in [0, 0.1) is 24.3 Å². The van der Waals surface area contributed by atoms with Gasteiger partial charge in [-0.25, -0.2) is 24.1 Å². The normalized spacial score (nSPS) is 19.4. The van der Waals surface area contributed by atoms with Crippen molar-refractivity contribution in [1.29, 1.82) is 0 Å². The summed E-state index contributed by atoms with van der Waals surface area (Å²) in [5.41, 5.74) is 12.6. The van der Waals surface area contributed by atoms with Crippen molar-refractivity contribution in [3.05, 3.63) is 167 Å². The molecule has 5 aliphatic rings. The Morgan fingerprint density at radius 1 is 0.783 bits per heavy atom. The third-order valence-corrected chi connectivity index (χ3v) is 10.8. The Morgan fingerprint density at radius 3 is 2.09 bits per heavy atom. The molecule has 3 aromatic rings. The van der Waals surface area contributed by atoms with Crippen LogP contribution in [0.25, 0.3) is 5.57 Å². The number of allylic oxidation sites excluding steroid dienone is 10. The predicted molar refractivity (Wildman–Crippen MR) is 184 cm³/mol. The van der Waals surface area contributed by atoms with E-state index >= 15 is 0 Å². The van der Waals surface area contributed by atoms with Crippen LogP contribution in [0.2, 0.25) is 0 Å².